The van der Waals surface area contributed by atoms with Crippen LogP contribution in [0.4, 0.5) is 0 Å². The van der Waals surface area contributed by atoms with Gasteiger partial charge in [0.2, 0.25) is 0 Å². The summed E-state index contributed by atoms with van der Waals surface area (Å²) >= 11 is 0. The highest BCUT2D eigenvalue weighted by Crippen LogP contribution is 2.40. The predicted octanol–water partition coefficient (Wildman–Crippen LogP) is 5.49. The topological polar surface area (TPSA) is 17.1 Å². The minimum absolute atomic E-state index is 0.0457. The lowest BCUT2D eigenvalue weighted by molar-refractivity contribution is 0.103. The molecule has 0 spiro atoms. The Hall–Kier alpha value is -2.41. The van der Waals surface area contributed by atoms with Gasteiger partial charge in [-0.15, -0.1) is 0 Å². The Bertz CT molecular complexity index is 781. The number of carbonyl (C=O) groups is 1. The zero-order chi connectivity index (χ0) is 16.4. The van der Waals surface area contributed by atoms with Crippen LogP contribution in [0.2, 0.25) is 0 Å². The highest BCUT2D eigenvalue weighted by molar-refractivity contribution is 6.12. The van der Waals surface area contributed by atoms with Gasteiger partial charge >= 0.3 is 0 Å². The van der Waals surface area contributed by atoms with Crippen molar-refractivity contribution < 1.29 is 4.79 Å². The van der Waals surface area contributed by atoms with Crippen molar-refractivity contribution in [2.45, 2.75) is 32.6 Å². The fourth-order valence-corrected chi connectivity index (χ4v) is 3.69. The molecule has 116 valence electrons. The van der Waals surface area contributed by atoms with Gasteiger partial charge in [-0.25, -0.2) is 0 Å². The van der Waals surface area contributed by atoms with Crippen LogP contribution in [0.1, 0.15) is 43.1 Å². The number of carbonyl (C=O) groups excluding carboxylic acids is 1. The molecular formula is C22H22O. The van der Waals surface area contributed by atoms with Crippen molar-refractivity contribution in [1.29, 1.82) is 0 Å². The van der Waals surface area contributed by atoms with E-state index in [1.165, 1.54) is 11.1 Å². The van der Waals surface area contributed by atoms with Gasteiger partial charge in [-0.3, -0.25) is 4.79 Å². The molecule has 0 heterocycles. The molecule has 0 aromatic heterocycles. The molecular weight excluding hydrogens is 280 g/mol. The van der Waals surface area contributed by atoms with Crippen molar-refractivity contribution in [3.63, 3.8) is 0 Å². The molecule has 0 N–H and O–H groups in total. The summed E-state index contributed by atoms with van der Waals surface area (Å²) in [5.74, 6) is 0.131. The van der Waals surface area contributed by atoms with Crippen molar-refractivity contribution >= 4 is 5.78 Å². The zero-order valence-corrected chi connectivity index (χ0v) is 14.0. The third-order valence-electron chi connectivity index (χ3n) is 4.68. The third-order valence-corrected chi connectivity index (χ3v) is 4.68. The van der Waals surface area contributed by atoms with Crippen LogP contribution >= 0.6 is 0 Å². The molecule has 0 amide bonds. The van der Waals surface area contributed by atoms with Crippen LogP contribution in [-0.4, -0.2) is 5.78 Å². The van der Waals surface area contributed by atoms with Crippen LogP contribution in [0.5, 0.6) is 0 Å². The lowest BCUT2D eigenvalue weighted by atomic mass is 9.70. The second-order valence-corrected chi connectivity index (χ2v) is 6.64. The van der Waals surface area contributed by atoms with Gasteiger partial charge < -0.3 is 0 Å². The van der Waals surface area contributed by atoms with E-state index in [-0.39, 0.29) is 11.2 Å². The molecule has 1 unspecified atom stereocenters. The minimum Gasteiger partial charge on any atom is -0.289 e. The van der Waals surface area contributed by atoms with E-state index < -0.39 is 0 Å². The van der Waals surface area contributed by atoms with Gasteiger partial charge in [-0.2, -0.15) is 0 Å². The van der Waals surface area contributed by atoms with E-state index in [4.69, 9.17) is 0 Å². The van der Waals surface area contributed by atoms with Crippen LogP contribution < -0.4 is 0 Å². The number of ketones is 1. The molecule has 0 saturated carbocycles. The van der Waals surface area contributed by atoms with Gasteiger partial charge in [-0.05, 0) is 31.4 Å². The minimum atomic E-state index is -0.0457. The molecule has 3 rings (SSSR count). The molecule has 1 atom stereocenters. The number of benzene rings is 2. The average Bonchev–Trinajstić information content (AvgIpc) is 2.55. The maximum atomic E-state index is 12.9. The van der Waals surface area contributed by atoms with Gasteiger partial charge in [0.05, 0.1) is 0 Å². The largest absolute Gasteiger partial charge is 0.289 e. The Balaban J connectivity index is 1.99. The lowest BCUT2D eigenvalue weighted by Gasteiger charge is -2.33. The summed E-state index contributed by atoms with van der Waals surface area (Å²) in [6, 6.07) is 20.1. The fourth-order valence-electron chi connectivity index (χ4n) is 3.69. The Morgan fingerprint density at radius 1 is 0.913 bits per heavy atom. The van der Waals surface area contributed by atoms with E-state index in [0.29, 0.717) is 0 Å². The highest BCUT2D eigenvalue weighted by atomic mass is 16.1. The Kier molecular flexibility index (Phi) is 4.04. The number of rotatable bonds is 3. The molecule has 1 aliphatic carbocycles. The summed E-state index contributed by atoms with van der Waals surface area (Å²) < 4.78 is 0. The first-order valence-electron chi connectivity index (χ1n) is 8.06. The number of hydrogen-bond donors (Lipinski definition) is 0. The molecule has 0 aliphatic heterocycles. The van der Waals surface area contributed by atoms with E-state index in [0.717, 1.165) is 23.1 Å². The maximum Gasteiger partial charge on any atom is 0.193 e. The van der Waals surface area contributed by atoms with Crippen molar-refractivity contribution in [3.8, 4) is 0 Å². The molecule has 1 heteroatoms. The van der Waals surface area contributed by atoms with E-state index in [1.54, 1.807) is 0 Å². The van der Waals surface area contributed by atoms with Gasteiger partial charge in [0.25, 0.3) is 0 Å². The quantitative estimate of drug-likeness (QED) is 0.685. The molecule has 0 radical (unpaired) electrons. The molecule has 2 aromatic carbocycles. The first-order valence-corrected chi connectivity index (χ1v) is 8.06. The smallest absolute Gasteiger partial charge is 0.193 e. The first kappa shape index (κ1) is 15.5. The maximum absolute atomic E-state index is 12.9. The highest BCUT2D eigenvalue weighted by Gasteiger charge is 2.31. The van der Waals surface area contributed by atoms with E-state index >= 15 is 0 Å². The van der Waals surface area contributed by atoms with Crippen molar-refractivity contribution in [2.75, 3.05) is 0 Å². The molecule has 2 aromatic rings. The van der Waals surface area contributed by atoms with Crippen molar-refractivity contribution in [2.24, 2.45) is 0 Å². The Morgan fingerprint density at radius 3 is 2.04 bits per heavy atom. The summed E-state index contributed by atoms with van der Waals surface area (Å²) in [5.41, 5.74) is 5.14. The number of allylic oxidation sites excluding steroid dienone is 4. The monoisotopic (exact) mass is 302 g/mol. The third kappa shape index (κ3) is 2.92. The fraction of sp³-hybridized carbons (Fsp3) is 0.227. The Labute approximate surface area is 138 Å². The summed E-state index contributed by atoms with van der Waals surface area (Å²) in [6.45, 7) is 6.40. The normalized spacial score (nSPS) is 21.1. The summed E-state index contributed by atoms with van der Waals surface area (Å²) in [5, 5.41) is 0. The average molecular weight is 302 g/mol. The SMILES string of the molecule is CC1=CC(C)(c2ccccc2)CC(C)=C1C(=O)c1ccccc1. The molecule has 1 nitrogen and oxygen atoms in total. The van der Waals surface area contributed by atoms with Gasteiger partial charge in [-0.1, -0.05) is 79.2 Å². The standard InChI is InChI=1S/C22H22O/c1-16-14-22(3,19-12-8-5-9-13-19)15-17(2)20(16)21(23)18-10-6-4-7-11-18/h4-14H,15H2,1-3H3. The molecule has 23 heavy (non-hydrogen) atoms. The summed E-state index contributed by atoms with van der Waals surface area (Å²) in [4.78, 5) is 12.9. The van der Waals surface area contributed by atoms with E-state index in [2.05, 4.69) is 51.1 Å². The second-order valence-electron chi connectivity index (χ2n) is 6.64. The van der Waals surface area contributed by atoms with Crippen LogP contribution in [0.3, 0.4) is 0 Å². The van der Waals surface area contributed by atoms with Gasteiger partial charge in [0.15, 0.2) is 5.78 Å². The zero-order valence-electron chi connectivity index (χ0n) is 14.0. The van der Waals surface area contributed by atoms with E-state index in [9.17, 15) is 4.79 Å². The first-order chi connectivity index (χ1) is 11.0. The number of Topliss-reactive ketones (excluding diaryl/α,β-unsaturated/α-hetero) is 1. The number of hydrogen-bond acceptors (Lipinski definition) is 1. The predicted molar refractivity (Wildman–Crippen MR) is 95.6 cm³/mol. The van der Waals surface area contributed by atoms with Gasteiger partial charge in [0.1, 0.15) is 0 Å². The van der Waals surface area contributed by atoms with Gasteiger partial charge in [0, 0.05) is 16.6 Å². The van der Waals surface area contributed by atoms with Crippen molar-refractivity contribution in [1.82, 2.24) is 0 Å². The van der Waals surface area contributed by atoms with Crippen LogP contribution in [0.15, 0.2) is 83.5 Å². The van der Waals surface area contributed by atoms with Crippen LogP contribution in [0.25, 0.3) is 0 Å². The van der Waals surface area contributed by atoms with Crippen LogP contribution in [-0.2, 0) is 5.41 Å². The second kappa shape index (κ2) is 6.00. The lowest BCUT2D eigenvalue weighted by Crippen LogP contribution is -2.25. The summed E-state index contributed by atoms with van der Waals surface area (Å²) in [7, 11) is 0. The Morgan fingerprint density at radius 2 is 1.48 bits per heavy atom. The van der Waals surface area contributed by atoms with E-state index in [1.807, 2.05) is 36.4 Å². The van der Waals surface area contributed by atoms with Crippen LogP contribution in [0, 0.1) is 0 Å². The molecule has 0 fully saturated rings. The van der Waals surface area contributed by atoms with Crippen molar-refractivity contribution in [3.05, 3.63) is 94.6 Å². The summed E-state index contributed by atoms with van der Waals surface area (Å²) in [6.07, 6.45) is 3.13. The molecule has 0 saturated heterocycles. The molecule has 1 aliphatic rings. The molecule has 0 bridgehead atoms.